The number of hydrogen-bond donors (Lipinski definition) is 3. The van der Waals surface area contributed by atoms with Crippen molar-refractivity contribution in [2.45, 2.75) is 6.92 Å². The summed E-state index contributed by atoms with van der Waals surface area (Å²) in [5.74, 6) is 0.614. The van der Waals surface area contributed by atoms with Crippen LogP contribution < -0.4 is 15.4 Å². The highest BCUT2D eigenvalue weighted by Gasteiger charge is 2.08. The van der Waals surface area contributed by atoms with Crippen LogP contribution in [0.15, 0.2) is 48.5 Å². The fourth-order valence-electron chi connectivity index (χ4n) is 1.71. The Kier molecular flexibility index (Phi) is 4.44. The van der Waals surface area contributed by atoms with E-state index in [1.807, 2.05) is 13.0 Å². The Morgan fingerprint density at radius 1 is 1.05 bits per heavy atom. The van der Waals surface area contributed by atoms with E-state index in [0.717, 1.165) is 0 Å². The van der Waals surface area contributed by atoms with Crippen molar-refractivity contribution in [3.05, 3.63) is 48.5 Å². The molecule has 0 aliphatic carbocycles. The second kappa shape index (κ2) is 6.47. The normalized spacial score (nSPS) is 9.85. The molecule has 0 saturated heterocycles. The molecular weight excluding hydrogens is 256 g/mol. The Hall–Kier alpha value is -2.69. The maximum atomic E-state index is 11.9. The van der Waals surface area contributed by atoms with Crippen molar-refractivity contribution in [2.75, 3.05) is 17.2 Å². The van der Waals surface area contributed by atoms with Crippen LogP contribution in [0.5, 0.6) is 11.5 Å². The highest BCUT2D eigenvalue weighted by molar-refractivity contribution is 6.01. The van der Waals surface area contributed by atoms with Gasteiger partial charge >= 0.3 is 6.03 Å². The third-order valence-corrected chi connectivity index (χ3v) is 2.59. The van der Waals surface area contributed by atoms with Gasteiger partial charge in [0.05, 0.1) is 18.0 Å². The number of nitrogens with one attached hydrogen (secondary N) is 2. The molecule has 0 aliphatic rings. The van der Waals surface area contributed by atoms with E-state index < -0.39 is 6.03 Å². The number of urea groups is 1. The van der Waals surface area contributed by atoms with Crippen LogP contribution in [-0.2, 0) is 0 Å². The fourth-order valence-corrected chi connectivity index (χ4v) is 1.71. The molecule has 0 spiro atoms. The van der Waals surface area contributed by atoms with Crippen molar-refractivity contribution in [1.29, 1.82) is 0 Å². The molecular formula is C15H16N2O3. The zero-order chi connectivity index (χ0) is 14.4. The molecule has 3 N–H and O–H groups in total. The molecule has 0 saturated carbocycles. The quantitative estimate of drug-likeness (QED) is 0.747. The first-order chi connectivity index (χ1) is 9.70. The molecule has 0 radical (unpaired) electrons. The van der Waals surface area contributed by atoms with Gasteiger partial charge in [-0.25, -0.2) is 4.79 Å². The van der Waals surface area contributed by atoms with Gasteiger partial charge in [-0.05, 0) is 31.2 Å². The van der Waals surface area contributed by atoms with Gasteiger partial charge in [-0.3, -0.25) is 0 Å². The van der Waals surface area contributed by atoms with Crippen molar-refractivity contribution >= 4 is 17.4 Å². The van der Waals surface area contributed by atoms with Crippen LogP contribution in [-0.4, -0.2) is 17.7 Å². The van der Waals surface area contributed by atoms with Gasteiger partial charge in [-0.15, -0.1) is 0 Å². The number of carbonyl (C=O) groups excluding carboxylic acids is 1. The summed E-state index contributed by atoms with van der Waals surface area (Å²) in [4.78, 5) is 11.9. The number of ether oxygens (including phenoxy) is 1. The molecule has 0 aromatic heterocycles. The number of rotatable bonds is 4. The number of carbonyl (C=O) groups is 1. The summed E-state index contributed by atoms with van der Waals surface area (Å²) in [6, 6.07) is 13.2. The smallest absolute Gasteiger partial charge is 0.323 e. The van der Waals surface area contributed by atoms with Crippen LogP contribution in [0, 0.1) is 0 Å². The van der Waals surface area contributed by atoms with E-state index in [4.69, 9.17) is 4.74 Å². The van der Waals surface area contributed by atoms with E-state index in [-0.39, 0.29) is 5.75 Å². The lowest BCUT2D eigenvalue weighted by Gasteiger charge is -2.12. The summed E-state index contributed by atoms with van der Waals surface area (Å²) < 4.78 is 5.42. The van der Waals surface area contributed by atoms with E-state index in [1.165, 1.54) is 6.07 Å². The summed E-state index contributed by atoms with van der Waals surface area (Å²) in [7, 11) is 0. The van der Waals surface area contributed by atoms with Crippen molar-refractivity contribution < 1.29 is 14.6 Å². The fraction of sp³-hybridized carbons (Fsp3) is 0.133. The van der Waals surface area contributed by atoms with Crippen LogP contribution in [0.25, 0.3) is 0 Å². The minimum atomic E-state index is -0.446. The average molecular weight is 272 g/mol. The van der Waals surface area contributed by atoms with Crippen LogP contribution in [0.1, 0.15) is 6.92 Å². The van der Waals surface area contributed by atoms with Gasteiger partial charge < -0.3 is 20.5 Å². The van der Waals surface area contributed by atoms with E-state index in [9.17, 15) is 9.90 Å². The highest BCUT2D eigenvalue weighted by atomic mass is 16.5. The molecule has 0 heterocycles. The summed E-state index contributed by atoms with van der Waals surface area (Å²) in [5, 5.41) is 14.9. The molecule has 2 aromatic rings. The maximum absolute atomic E-state index is 11.9. The Labute approximate surface area is 117 Å². The van der Waals surface area contributed by atoms with Crippen molar-refractivity contribution in [1.82, 2.24) is 0 Å². The number of anilines is 2. The predicted octanol–water partition coefficient (Wildman–Crippen LogP) is 3.43. The number of hydrogen-bond acceptors (Lipinski definition) is 3. The molecule has 0 bridgehead atoms. The number of phenolic OH excluding ortho intramolecular Hbond substituents is 1. The van der Waals surface area contributed by atoms with E-state index >= 15 is 0 Å². The second-order valence-electron chi connectivity index (χ2n) is 4.03. The molecule has 2 rings (SSSR count). The van der Waals surface area contributed by atoms with Crippen molar-refractivity contribution in [3.63, 3.8) is 0 Å². The first-order valence-electron chi connectivity index (χ1n) is 6.28. The Morgan fingerprint density at radius 3 is 2.35 bits per heavy atom. The molecule has 0 unspecified atom stereocenters. The number of aromatic hydroxyl groups is 1. The number of benzene rings is 2. The molecule has 0 atom stereocenters. The minimum Gasteiger partial charge on any atom is -0.506 e. The average Bonchev–Trinajstić information content (AvgIpc) is 2.44. The summed E-state index contributed by atoms with van der Waals surface area (Å²) in [6.45, 7) is 2.39. The largest absolute Gasteiger partial charge is 0.506 e. The second-order valence-corrected chi connectivity index (χ2v) is 4.03. The molecule has 2 aromatic carbocycles. The van der Waals surface area contributed by atoms with Gasteiger partial charge in [0, 0.05) is 0 Å². The highest BCUT2D eigenvalue weighted by Crippen LogP contribution is 2.25. The standard InChI is InChI=1S/C15H16N2O3/c1-2-20-14-10-6-4-8-12(14)17-15(19)16-11-7-3-5-9-13(11)18/h3-10,18H,2H2,1H3,(H2,16,17,19). The third-order valence-electron chi connectivity index (χ3n) is 2.59. The van der Waals surface area contributed by atoms with Gasteiger partial charge in [-0.2, -0.15) is 0 Å². The lowest BCUT2D eigenvalue weighted by atomic mass is 10.3. The summed E-state index contributed by atoms with van der Waals surface area (Å²) >= 11 is 0. The van der Waals surface area contributed by atoms with Gasteiger partial charge in [-0.1, -0.05) is 24.3 Å². The Bertz CT molecular complexity index is 599. The molecule has 0 aliphatic heterocycles. The van der Waals surface area contributed by atoms with Crippen molar-refractivity contribution in [3.8, 4) is 11.5 Å². The SMILES string of the molecule is CCOc1ccccc1NC(=O)Nc1ccccc1O. The maximum Gasteiger partial charge on any atom is 0.323 e. The molecule has 5 nitrogen and oxygen atoms in total. The minimum absolute atomic E-state index is 0.0146. The van der Waals surface area contributed by atoms with Crippen LogP contribution in [0.4, 0.5) is 16.2 Å². The van der Waals surface area contributed by atoms with Gasteiger partial charge in [0.2, 0.25) is 0 Å². The van der Waals surface area contributed by atoms with E-state index in [1.54, 1.807) is 36.4 Å². The number of para-hydroxylation sites is 4. The Morgan fingerprint density at radius 2 is 1.65 bits per heavy atom. The van der Waals surface area contributed by atoms with Crippen molar-refractivity contribution in [2.24, 2.45) is 0 Å². The van der Waals surface area contributed by atoms with E-state index in [0.29, 0.717) is 23.7 Å². The van der Waals surface area contributed by atoms with E-state index in [2.05, 4.69) is 10.6 Å². The summed E-state index contributed by atoms with van der Waals surface area (Å²) in [6.07, 6.45) is 0. The predicted molar refractivity (Wildman–Crippen MR) is 78.4 cm³/mol. The van der Waals surface area contributed by atoms with Crippen LogP contribution in [0.2, 0.25) is 0 Å². The number of phenols is 1. The summed E-state index contributed by atoms with van der Waals surface area (Å²) in [5.41, 5.74) is 0.918. The van der Waals surface area contributed by atoms with Crippen LogP contribution >= 0.6 is 0 Å². The Balaban J connectivity index is 2.07. The molecule has 2 amide bonds. The van der Waals surface area contributed by atoms with Crippen LogP contribution in [0.3, 0.4) is 0 Å². The van der Waals surface area contributed by atoms with Gasteiger partial charge in [0.25, 0.3) is 0 Å². The third kappa shape index (κ3) is 3.41. The van der Waals surface area contributed by atoms with Gasteiger partial charge in [0.1, 0.15) is 11.5 Å². The first-order valence-corrected chi connectivity index (χ1v) is 6.28. The monoisotopic (exact) mass is 272 g/mol. The molecule has 0 fully saturated rings. The first kappa shape index (κ1) is 13.7. The molecule has 104 valence electrons. The number of amides is 2. The lowest BCUT2D eigenvalue weighted by molar-refractivity contribution is 0.261. The van der Waals surface area contributed by atoms with Gasteiger partial charge in [0.15, 0.2) is 0 Å². The topological polar surface area (TPSA) is 70.6 Å². The molecule has 20 heavy (non-hydrogen) atoms. The lowest BCUT2D eigenvalue weighted by Crippen LogP contribution is -2.19. The molecule has 5 heteroatoms. The zero-order valence-corrected chi connectivity index (χ0v) is 11.1. The zero-order valence-electron chi connectivity index (χ0n) is 11.1.